The zero-order chi connectivity index (χ0) is 20.5. The van der Waals surface area contributed by atoms with Gasteiger partial charge in [-0.05, 0) is 25.7 Å². The first-order chi connectivity index (χ1) is 13.7. The second kappa shape index (κ2) is 16.5. The molecule has 5 nitrogen and oxygen atoms in total. The molecule has 1 saturated heterocycles. The molecule has 0 bridgehead atoms. The van der Waals surface area contributed by atoms with Gasteiger partial charge in [0.25, 0.3) is 0 Å². The van der Waals surface area contributed by atoms with Crippen molar-refractivity contribution in [3.8, 4) is 0 Å². The standard InChI is InChI=1S/C23H38O5/c1-2-3-12-15-21-22(28-21)16-13-10-8-6-4-5-7-9-11-14-17-23(26)27-20(18-24)19-25/h5,7,9,11,14,17,20-22,24-25H,2-4,6,8,10,12-13,15-16,18-19H2,1H3/b7-5+,11-9+,17-14+. The first-order valence-electron chi connectivity index (χ1n) is 10.8. The van der Waals surface area contributed by atoms with Crippen LogP contribution in [0.2, 0.25) is 0 Å². The first-order valence-corrected chi connectivity index (χ1v) is 10.8. The minimum absolute atomic E-state index is 0.386. The van der Waals surface area contributed by atoms with Crippen LogP contribution in [-0.2, 0) is 14.3 Å². The second-order valence-electron chi connectivity index (χ2n) is 7.30. The summed E-state index contributed by atoms with van der Waals surface area (Å²) in [6, 6.07) is 0. The van der Waals surface area contributed by atoms with Gasteiger partial charge in [-0.3, -0.25) is 0 Å². The Hall–Kier alpha value is -1.43. The lowest BCUT2D eigenvalue weighted by molar-refractivity contribution is -0.147. The molecule has 0 amide bonds. The van der Waals surface area contributed by atoms with Crippen molar-refractivity contribution in [3.05, 3.63) is 36.5 Å². The van der Waals surface area contributed by atoms with Gasteiger partial charge in [0.15, 0.2) is 0 Å². The highest BCUT2D eigenvalue weighted by molar-refractivity contribution is 5.82. The van der Waals surface area contributed by atoms with Gasteiger partial charge >= 0.3 is 5.97 Å². The summed E-state index contributed by atoms with van der Waals surface area (Å²) in [4.78, 5) is 11.4. The number of carbonyl (C=O) groups is 1. The molecule has 1 rings (SSSR count). The fourth-order valence-electron chi connectivity index (χ4n) is 3.02. The van der Waals surface area contributed by atoms with Crippen LogP contribution in [0.25, 0.3) is 0 Å². The monoisotopic (exact) mass is 394 g/mol. The van der Waals surface area contributed by atoms with Crippen LogP contribution in [-0.4, -0.2) is 47.7 Å². The molecule has 5 heteroatoms. The number of allylic oxidation sites excluding steroid dienone is 5. The Labute approximate surface area is 170 Å². The molecule has 0 aromatic rings. The molecule has 28 heavy (non-hydrogen) atoms. The number of esters is 1. The van der Waals surface area contributed by atoms with Gasteiger partial charge in [0.05, 0.1) is 25.4 Å². The van der Waals surface area contributed by atoms with Crippen molar-refractivity contribution >= 4 is 5.97 Å². The lowest BCUT2D eigenvalue weighted by atomic mass is 10.1. The van der Waals surface area contributed by atoms with Gasteiger partial charge in [-0.2, -0.15) is 0 Å². The molecule has 2 N–H and O–H groups in total. The molecular weight excluding hydrogens is 356 g/mol. The highest BCUT2D eigenvalue weighted by Crippen LogP contribution is 2.31. The van der Waals surface area contributed by atoms with Crippen LogP contribution >= 0.6 is 0 Å². The van der Waals surface area contributed by atoms with Crippen LogP contribution < -0.4 is 0 Å². The van der Waals surface area contributed by atoms with E-state index < -0.39 is 12.1 Å². The Kier molecular flexibility index (Phi) is 14.5. The smallest absolute Gasteiger partial charge is 0.331 e. The van der Waals surface area contributed by atoms with Crippen molar-refractivity contribution in [2.75, 3.05) is 13.2 Å². The lowest BCUT2D eigenvalue weighted by Gasteiger charge is -2.09. The van der Waals surface area contributed by atoms with E-state index in [9.17, 15) is 4.79 Å². The number of epoxide rings is 1. The van der Waals surface area contributed by atoms with Gasteiger partial charge in [0, 0.05) is 6.08 Å². The van der Waals surface area contributed by atoms with E-state index in [1.807, 2.05) is 12.2 Å². The zero-order valence-electron chi connectivity index (χ0n) is 17.3. The topological polar surface area (TPSA) is 79.3 Å². The fraction of sp³-hybridized carbons (Fsp3) is 0.696. The van der Waals surface area contributed by atoms with Gasteiger partial charge in [-0.1, -0.05) is 75.8 Å². The van der Waals surface area contributed by atoms with E-state index in [1.165, 1.54) is 63.9 Å². The third kappa shape index (κ3) is 12.9. The highest BCUT2D eigenvalue weighted by Gasteiger charge is 2.36. The Balaban J connectivity index is 1.92. The molecular formula is C23H38O5. The van der Waals surface area contributed by atoms with Crippen molar-refractivity contribution in [2.45, 2.75) is 89.4 Å². The van der Waals surface area contributed by atoms with E-state index in [4.69, 9.17) is 19.7 Å². The summed E-state index contributed by atoms with van der Waals surface area (Å²) >= 11 is 0. The van der Waals surface area contributed by atoms with Gasteiger partial charge in [-0.15, -0.1) is 0 Å². The first kappa shape index (κ1) is 24.6. The number of aliphatic hydroxyl groups excluding tert-OH is 2. The largest absolute Gasteiger partial charge is 0.454 e. The Morgan fingerprint density at radius 1 is 0.929 bits per heavy atom. The third-order valence-electron chi connectivity index (χ3n) is 4.78. The molecule has 2 unspecified atom stereocenters. The third-order valence-corrected chi connectivity index (χ3v) is 4.78. The zero-order valence-corrected chi connectivity index (χ0v) is 17.3. The Morgan fingerprint density at radius 3 is 2.25 bits per heavy atom. The number of carbonyl (C=O) groups excluding carboxylic acids is 1. The highest BCUT2D eigenvalue weighted by atomic mass is 16.6. The van der Waals surface area contributed by atoms with Crippen LogP contribution in [0, 0.1) is 0 Å². The predicted molar refractivity (Wildman–Crippen MR) is 112 cm³/mol. The van der Waals surface area contributed by atoms with E-state index in [0.717, 1.165) is 6.42 Å². The van der Waals surface area contributed by atoms with Crippen LogP contribution in [0.4, 0.5) is 0 Å². The molecule has 160 valence electrons. The molecule has 1 aliphatic heterocycles. The number of unbranched alkanes of at least 4 members (excludes halogenated alkanes) is 6. The summed E-state index contributed by atoms with van der Waals surface area (Å²) in [6.07, 6.45) is 23.3. The minimum atomic E-state index is -0.856. The Bertz CT molecular complexity index is 479. The summed E-state index contributed by atoms with van der Waals surface area (Å²) in [6.45, 7) is 1.47. The lowest BCUT2D eigenvalue weighted by Crippen LogP contribution is -2.24. The van der Waals surface area contributed by atoms with Gasteiger partial charge < -0.3 is 19.7 Å². The summed E-state index contributed by atoms with van der Waals surface area (Å²) in [7, 11) is 0. The summed E-state index contributed by atoms with van der Waals surface area (Å²) in [5.74, 6) is -0.578. The number of hydrogen-bond donors (Lipinski definition) is 2. The van der Waals surface area contributed by atoms with Gasteiger partial charge in [0.1, 0.15) is 6.10 Å². The molecule has 0 aromatic heterocycles. The summed E-state index contributed by atoms with van der Waals surface area (Å²) in [5.41, 5.74) is 0. The number of aliphatic hydroxyl groups is 2. The van der Waals surface area contributed by atoms with Crippen LogP contribution in [0.5, 0.6) is 0 Å². The molecule has 0 saturated carbocycles. The molecule has 0 spiro atoms. The van der Waals surface area contributed by atoms with Crippen LogP contribution in [0.3, 0.4) is 0 Å². The number of hydrogen-bond acceptors (Lipinski definition) is 5. The quantitative estimate of drug-likeness (QED) is 0.127. The summed E-state index contributed by atoms with van der Waals surface area (Å²) in [5, 5.41) is 17.6. The molecule has 1 aliphatic rings. The number of ether oxygens (including phenoxy) is 2. The maximum absolute atomic E-state index is 11.4. The Morgan fingerprint density at radius 2 is 1.57 bits per heavy atom. The SMILES string of the molecule is CCCCCC1OC1CCCCCC/C=C/C=C/C=C/C(=O)OC(CO)CO. The maximum Gasteiger partial charge on any atom is 0.331 e. The molecule has 1 heterocycles. The van der Waals surface area contributed by atoms with Gasteiger partial charge in [0.2, 0.25) is 0 Å². The van der Waals surface area contributed by atoms with E-state index >= 15 is 0 Å². The molecule has 0 aliphatic carbocycles. The van der Waals surface area contributed by atoms with Crippen molar-refractivity contribution in [3.63, 3.8) is 0 Å². The molecule has 2 atom stereocenters. The van der Waals surface area contributed by atoms with Crippen LogP contribution in [0.15, 0.2) is 36.5 Å². The van der Waals surface area contributed by atoms with E-state index in [-0.39, 0.29) is 13.2 Å². The van der Waals surface area contributed by atoms with Crippen LogP contribution in [0.1, 0.15) is 71.1 Å². The normalized spacial score (nSPS) is 19.4. The average Bonchev–Trinajstić information content (AvgIpc) is 3.45. The number of rotatable bonds is 17. The van der Waals surface area contributed by atoms with Crippen molar-refractivity contribution in [1.29, 1.82) is 0 Å². The summed E-state index contributed by atoms with van der Waals surface area (Å²) < 4.78 is 10.5. The minimum Gasteiger partial charge on any atom is -0.454 e. The predicted octanol–water partition coefficient (Wildman–Crippen LogP) is 4.24. The average molecular weight is 395 g/mol. The van der Waals surface area contributed by atoms with Crippen molar-refractivity contribution in [1.82, 2.24) is 0 Å². The molecule has 0 aromatic carbocycles. The molecule has 1 fully saturated rings. The second-order valence-corrected chi connectivity index (χ2v) is 7.30. The molecule has 0 radical (unpaired) electrons. The van der Waals surface area contributed by atoms with E-state index in [2.05, 4.69) is 13.0 Å². The van der Waals surface area contributed by atoms with Crippen molar-refractivity contribution < 1.29 is 24.5 Å². The maximum atomic E-state index is 11.4. The van der Waals surface area contributed by atoms with Crippen molar-refractivity contribution in [2.24, 2.45) is 0 Å². The van der Waals surface area contributed by atoms with Gasteiger partial charge in [-0.25, -0.2) is 4.79 Å². The fourth-order valence-corrected chi connectivity index (χ4v) is 3.02. The van der Waals surface area contributed by atoms with E-state index in [0.29, 0.717) is 12.2 Å². The van der Waals surface area contributed by atoms with E-state index in [1.54, 1.807) is 12.2 Å².